The number of hydrogen-bond acceptors (Lipinski definition) is 2. The van der Waals surface area contributed by atoms with E-state index in [9.17, 15) is 4.79 Å². The van der Waals surface area contributed by atoms with Crippen molar-refractivity contribution < 1.29 is 4.79 Å². The number of carbonyl (C=O) groups is 1. The number of hydrogen-bond donors (Lipinski definition) is 1. The number of rotatable bonds is 6. The first-order chi connectivity index (χ1) is 6.67. The van der Waals surface area contributed by atoms with Gasteiger partial charge in [0.25, 0.3) is 0 Å². The molecule has 0 heterocycles. The van der Waals surface area contributed by atoms with Crippen molar-refractivity contribution in [1.82, 2.24) is 4.90 Å². The van der Waals surface area contributed by atoms with Gasteiger partial charge in [-0.2, -0.15) is 0 Å². The van der Waals surface area contributed by atoms with Gasteiger partial charge in [0.15, 0.2) is 0 Å². The first-order valence-electron chi connectivity index (χ1n) is 4.37. The molecule has 0 aliphatic rings. The van der Waals surface area contributed by atoms with Gasteiger partial charge in [-0.1, -0.05) is 12.2 Å². The molecule has 3 heteroatoms. The average Bonchev–Trinajstić information content (AvgIpc) is 2.17. The van der Waals surface area contributed by atoms with Crippen molar-refractivity contribution in [3.63, 3.8) is 0 Å². The highest BCUT2D eigenvalue weighted by atomic mass is 16.2. The first kappa shape index (κ1) is 12.5. The molecule has 0 aliphatic heterocycles. The SMILES string of the molecule is C#CCC(N)C(=O)N(CC=C)CC=C. The summed E-state index contributed by atoms with van der Waals surface area (Å²) >= 11 is 0. The molecule has 1 unspecified atom stereocenters. The fourth-order valence-electron chi connectivity index (χ4n) is 1.01. The van der Waals surface area contributed by atoms with Crippen molar-refractivity contribution >= 4 is 5.91 Å². The zero-order valence-corrected chi connectivity index (χ0v) is 8.28. The second-order valence-electron chi connectivity index (χ2n) is 2.84. The number of nitrogens with two attached hydrogens (primary N) is 1. The maximum Gasteiger partial charge on any atom is 0.241 e. The van der Waals surface area contributed by atoms with E-state index >= 15 is 0 Å². The summed E-state index contributed by atoms with van der Waals surface area (Å²) in [5, 5.41) is 0. The van der Waals surface area contributed by atoms with Crippen molar-refractivity contribution in [2.75, 3.05) is 13.1 Å². The average molecular weight is 192 g/mol. The van der Waals surface area contributed by atoms with Crippen molar-refractivity contribution in [2.45, 2.75) is 12.5 Å². The smallest absolute Gasteiger partial charge is 0.241 e. The van der Waals surface area contributed by atoms with Crippen LogP contribution in [0.3, 0.4) is 0 Å². The van der Waals surface area contributed by atoms with Crippen molar-refractivity contribution in [2.24, 2.45) is 5.73 Å². The summed E-state index contributed by atoms with van der Waals surface area (Å²) in [6.07, 6.45) is 8.61. The second-order valence-corrected chi connectivity index (χ2v) is 2.84. The van der Waals surface area contributed by atoms with Gasteiger partial charge >= 0.3 is 0 Å². The highest BCUT2D eigenvalue weighted by Gasteiger charge is 2.17. The van der Waals surface area contributed by atoms with E-state index < -0.39 is 6.04 Å². The predicted molar refractivity (Wildman–Crippen MR) is 58.4 cm³/mol. The van der Waals surface area contributed by atoms with Crippen molar-refractivity contribution in [3.05, 3.63) is 25.3 Å². The largest absolute Gasteiger partial charge is 0.334 e. The molecule has 0 fully saturated rings. The molecule has 0 saturated carbocycles. The van der Waals surface area contributed by atoms with Crippen LogP contribution in [0.1, 0.15) is 6.42 Å². The molecular weight excluding hydrogens is 176 g/mol. The number of carbonyl (C=O) groups excluding carboxylic acids is 1. The Morgan fingerprint density at radius 2 is 2.00 bits per heavy atom. The summed E-state index contributed by atoms with van der Waals surface area (Å²) in [6.45, 7) is 8.05. The number of amides is 1. The summed E-state index contributed by atoms with van der Waals surface area (Å²) < 4.78 is 0. The molecule has 0 radical (unpaired) electrons. The Morgan fingerprint density at radius 3 is 2.36 bits per heavy atom. The Morgan fingerprint density at radius 1 is 1.50 bits per heavy atom. The molecular formula is C11H16N2O. The van der Waals surface area contributed by atoms with E-state index in [4.69, 9.17) is 12.2 Å². The third kappa shape index (κ3) is 3.92. The lowest BCUT2D eigenvalue weighted by atomic mass is 10.2. The maximum absolute atomic E-state index is 11.6. The Balaban J connectivity index is 4.34. The third-order valence-corrected chi connectivity index (χ3v) is 1.67. The summed E-state index contributed by atoms with van der Waals surface area (Å²) in [6, 6.07) is -0.625. The minimum Gasteiger partial charge on any atom is -0.334 e. The predicted octanol–water partition coefficient (Wildman–Crippen LogP) is 0.538. The summed E-state index contributed by atoms with van der Waals surface area (Å²) in [7, 11) is 0. The van der Waals surface area contributed by atoms with E-state index in [-0.39, 0.29) is 12.3 Å². The molecule has 0 aromatic heterocycles. The van der Waals surface area contributed by atoms with E-state index in [1.165, 1.54) is 0 Å². The van der Waals surface area contributed by atoms with Crippen LogP contribution in [0, 0.1) is 12.3 Å². The molecule has 1 amide bonds. The molecule has 3 nitrogen and oxygen atoms in total. The van der Waals surface area contributed by atoms with Crippen molar-refractivity contribution in [3.8, 4) is 12.3 Å². The molecule has 0 aliphatic carbocycles. The Bertz CT molecular complexity index is 243. The molecule has 76 valence electrons. The summed E-state index contributed by atoms with van der Waals surface area (Å²) in [4.78, 5) is 13.2. The van der Waals surface area contributed by atoms with Crippen LogP contribution < -0.4 is 5.73 Å². The molecule has 0 rings (SSSR count). The van der Waals surface area contributed by atoms with Gasteiger partial charge in [0.1, 0.15) is 0 Å². The Hall–Kier alpha value is -1.53. The van der Waals surface area contributed by atoms with Gasteiger partial charge in [-0.05, 0) is 0 Å². The van der Waals surface area contributed by atoms with Gasteiger partial charge < -0.3 is 10.6 Å². The summed E-state index contributed by atoms with van der Waals surface area (Å²) in [5.41, 5.74) is 5.59. The highest BCUT2D eigenvalue weighted by Crippen LogP contribution is 1.97. The lowest BCUT2D eigenvalue weighted by molar-refractivity contribution is -0.131. The highest BCUT2D eigenvalue weighted by molar-refractivity contribution is 5.82. The monoisotopic (exact) mass is 192 g/mol. The summed E-state index contributed by atoms with van der Waals surface area (Å²) in [5.74, 6) is 2.20. The second kappa shape index (κ2) is 6.93. The van der Waals surface area contributed by atoms with Crippen LogP contribution in [-0.4, -0.2) is 29.9 Å². The molecule has 14 heavy (non-hydrogen) atoms. The fraction of sp³-hybridized carbons (Fsp3) is 0.364. The van der Waals surface area contributed by atoms with Crippen molar-refractivity contribution in [1.29, 1.82) is 0 Å². The molecule has 0 spiro atoms. The third-order valence-electron chi connectivity index (χ3n) is 1.67. The van der Waals surface area contributed by atoms with Gasteiger partial charge in [0.05, 0.1) is 6.04 Å². The molecule has 0 saturated heterocycles. The molecule has 0 bridgehead atoms. The standard InChI is InChI=1S/C11H16N2O/c1-4-7-10(12)11(14)13(8-5-2)9-6-3/h1,5-6,10H,2-3,7-9,12H2. The minimum absolute atomic E-state index is 0.164. The Labute approximate surface area is 85.3 Å². The van der Waals surface area contributed by atoms with Crippen LogP contribution in [0.25, 0.3) is 0 Å². The quantitative estimate of drug-likeness (QED) is 0.493. The lowest BCUT2D eigenvalue weighted by Crippen LogP contribution is -2.43. The van der Waals surface area contributed by atoms with Gasteiger partial charge in [-0.3, -0.25) is 4.79 Å². The fourth-order valence-corrected chi connectivity index (χ4v) is 1.01. The number of terminal acetylenes is 1. The van der Waals surface area contributed by atoms with Crippen LogP contribution >= 0.6 is 0 Å². The zero-order chi connectivity index (χ0) is 11.0. The molecule has 2 N–H and O–H groups in total. The van der Waals surface area contributed by atoms with Crippen LogP contribution in [0.2, 0.25) is 0 Å². The van der Waals surface area contributed by atoms with E-state index in [1.54, 1.807) is 17.1 Å². The molecule has 0 aromatic rings. The topological polar surface area (TPSA) is 46.3 Å². The van der Waals surface area contributed by atoms with Gasteiger partial charge in [-0.15, -0.1) is 25.5 Å². The van der Waals surface area contributed by atoms with Crippen LogP contribution in [-0.2, 0) is 4.79 Å². The van der Waals surface area contributed by atoms with Gasteiger partial charge in [0.2, 0.25) is 5.91 Å². The van der Waals surface area contributed by atoms with E-state index in [1.807, 2.05) is 0 Å². The van der Waals surface area contributed by atoms with E-state index in [0.29, 0.717) is 13.1 Å². The van der Waals surface area contributed by atoms with Gasteiger partial charge in [-0.25, -0.2) is 0 Å². The van der Waals surface area contributed by atoms with Crippen LogP contribution in [0.5, 0.6) is 0 Å². The lowest BCUT2D eigenvalue weighted by Gasteiger charge is -2.22. The van der Waals surface area contributed by atoms with E-state index in [0.717, 1.165) is 0 Å². The first-order valence-corrected chi connectivity index (χ1v) is 4.37. The minimum atomic E-state index is -0.625. The number of nitrogens with zero attached hydrogens (tertiary/aromatic N) is 1. The maximum atomic E-state index is 11.6. The van der Waals surface area contributed by atoms with Gasteiger partial charge in [0, 0.05) is 19.5 Å². The zero-order valence-electron chi connectivity index (χ0n) is 8.28. The normalized spacial score (nSPS) is 11.1. The van der Waals surface area contributed by atoms with Crippen LogP contribution in [0.15, 0.2) is 25.3 Å². The molecule has 1 atom stereocenters. The van der Waals surface area contributed by atoms with E-state index in [2.05, 4.69) is 19.1 Å². The Kier molecular flexibility index (Phi) is 6.17. The molecule has 0 aromatic carbocycles. The van der Waals surface area contributed by atoms with Crippen LogP contribution in [0.4, 0.5) is 0 Å².